The highest BCUT2D eigenvalue weighted by atomic mass is 35.5. The molecule has 4 heterocycles. The van der Waals surface area contributed by atoms with Crippen LogP contribution in [0.4, 0.5) is 0 Å². The number of aromatic nitrogens is 5. The number of hydrogen-bond donors (Lipinski definition) is 0. The van der Waals surface area contributed by atoms with E-state index in [9.17, 15) is 4.79 Å². The smallest absolute Gasteiger partial charge is 0.277 e. The Morgan fingerprint density at radius 3 is 2.89 bits per heavy atom. The lowest BCUT2D eigenvalue weighted by Gasteiger charge is -2.01. The fourth-order valence-electron chi connectivity index (χ4n) is 2.91. The minimum Gasteiger partial charge on any atom is -0.337 e. The molecule has 0 atom stereocenters. The molecule has 0 N–H and O–H groups in total. The van der Waals surface area contributed by atoms with Crippen LogP contribution in [0.3, 0.4) is 0 Å². The third-order valence-electron chi connectivity index (χ3n) is 4.23. The predicted molar refractivity (Wildman–Crippen MR) is 107 cm³/mol. The van der Waals surface area contributed by atoms with Gasteiger partial charge >= 0.3 is 0 Å². The summed E-state index contributed by atoms with van der Waals surface area (Å²) in [7, 11) is 0. The number of hydrogen-bond acceptors (Lipinski definition) is 6. The van der Waals surface area contributed by atoms with Gasteiger partial charge in [0.2, 0.25) is 11.7 Å². The minimum atomic E-state index is -0.180. The summed E-state index contributed by atoms with van der Waals surface area (Å²) < 4.78 is 8.41. The Kier molecular flexibility index (Phi) is 4.07. The maximum Gasteiger partial charge on any atom is 0.277 e. The summed E-state index contributed by atoms with van der Waals surface area (Å²) in [6.45, 7) is 0.169. The fourth-order valence-corrected chi connectivity index (χ4v) is 3.78. The largest absolute Gasteiger partial charge is 0.337 e. The van der Waals surface area contributed by atoms with Crippen LogP contribution in [-0.2, 0) is 6.54 Å². The van der Waals surface area contributed by atoms with E-state index in [0.717, 1.165) is 16.1 Å². The van der Waals surface area contributed by atoms with E-state index in [4.69, 9.17) is 16.1 Å². The molecule has 0 unspecified atom stereocenters. The third kappa shape index (κ3) is 3.02. The lowest BCUT2D eigenvalue weighted by atomic mass is 10.2. The zero-order valence-corrected chi connectivity index (χ0v) is 15.9. The summed E-state index contributed by atoms with van der Waals surface area (Å²) in [5.74, 6) is 0.760. The van der Waals surface area contributed by atoms with Crippen molar-refractivity contribution in [1.82, 2.24) is 24.3 Å². The average Bonchev–Trinajstić information content (AvgIpc) is 3.44. The van der Waals surface area contributed by atoms with E-state index < -0.39 is 0 Å². The van der Waals surface area contributed by atoms with Crippen molar-refractivity contribution >= 4 is 28.5 Å². The van der Waals surface area contributed by atoms with E-state index >= 15 is 0 Å². The molecule has 138 valence electrons. The molecule has 0 saturated carbocycles. The second kappa shape index (κ2) is 6.74. The molecule has 0 bridgehead atoms. The molecule has 28 heavy (non-hydrogen) atoms. The Morgan fingerprint density at radius 2 is 2.07 bits per heavy atom. The molecule has 5 rings (SSSR count). The highest BCUT2D eigenvalue weighted by Crippen LogP contribution is 2.23. The van der Waals surface area contributed by atoms with Gasteiger partial charge in [0.05, 0.1) is 4.88 Å². The molecule has 0 spiro atoms. The average molecular weight is 410 g/mol. The number of rotatable bonds is 4. The Morgan fingerprint density at radius 1 is 1.14 bits per heavy atom. The Hall–Kier alpha value is -3.23. The van der Waals surface area contributed by atoms with Crippen LogP contribution < -0.4 is 5.56 Å². The van der Waals surface area contributed by atoms with E-state index in [1.54, 1.807) is 46.4 Å². The Bertz CT molecular complexity index is 1340. The van der Waals surface area contributed by atoms with Crippen molar-refractivity contribution in [1.29, 1.82) is 0 Å². The molecular formula is C19H12ClN5O2S. The molecule has 0 saturated heterocycles. The van der Waals surface area contributed by atoms with Crippen LogP contribution in [0, 0.1) is 0 Å². The number of benzene rings is 1. The van der Waals surface area contributed by atoms with Gasteiger partial charge in [-0.05, 0) is 29.6 Å². The molecule has 0 amide bonds. The Balaban J connectivity index is 1.47. The summed E-state index contributed by atoms with van der Waals surface area (Å²) in [4.78, 5) is 18.2. The molecular weight excluding hydrogens is 398 g/mol. The molecule has 0 aliphatic carbocycles. The van der Waals surface area contributed by atoms with Crippen LogP contribution in [0.5, 0.6) is 0 Å². The van der Waals surface area contributed by atoms with Crippen LogP contribution in [0.15, 0.2) is 69.6 Å². The predicted octanol–water partition coefficient (Wildman–Crippen LogP) is 3.98. The molecule has 0 aliphatic rings. The van der Waals surface area contributed by atoms with E-state index in [-0.39, 0.29) is 12.1 Å². The zero-order chi connectivity index (χ0) is 19.1. The van der Waals surface area contributed by atoms with Gasteiger partial charge in [-0.15, -0.1) is 11.3 Å². The van der Waals surface area contributed by atoms with Crippen LogP contribution in [0.1, 0.15) is 5.89 Å². The van der Waals surface area contributed by atoms with E-state index in [0.29, 0.717) is 22.3 Å². The second-order valence-electron chi connectivity index (χ2n) is 6.09. The topological polar surface area (TPSA) is 78.2 Å². The fraction of sp³-hybridized carbons (Fsp3) is 0.0526. The SMILES string of the molecule is O=c1c2cc(-c3cccs3)nn2ccn1Cc1nc(-c2cccc(Cl)c2)no1. The van der Waals surface area contributed by atoms with Crippen molar-refractivity contribution in [3.05, 3.63) is 81.5 Å². The number of thiophene rings is 1. The van der Waals surface area contributed by atoms with Gasteiger partial charge in [0.15, 0.2) is 0 Å². The highest BCUT2D eigenvalue weighted by molar-refractivity contribution is 7.13. The standard InChI is InChI=1S/C19H12ClN5O2S/c20-13-4-1-3-12(9-13)18-21-17(27-23-18)11-24-6-7-25-15(19(24)26)10-14(22-25)16-5-2-8-28-16/h1-10H,11H2. The van der Waals surface area contributed by atoms with Crippen molar-refractivity contribution in [2.45, 2.75) is 6.54 Å². The minimum absolute atomic E-state index is 0.169. The first kappa shape index (κ1) is 16.9. The van der Waals surface area contributed by atoms with E-state index in [2.05, 4.69) is 15.2 Å². The first-order chi connectivity index (χ1) is 13.7. The van der Waals surface area contributed by atoms with E-state index in [1.807, 2.05) is 29.6 Å². The molecule has 9 heteroatoms. The van der Waals surface area contributed by atoms with Crippen LogP contribution >= 0.6 is 22.9 Å². The monoisotopic (exact) mass is 409 g/mol. The zero-order valence-electron chi connectivity index (χ0n) is 14.3. The summed E-state index contributed by atoms with van der Waals surface area (Å²) in [6.07, 6.45) is 3.39. The van der Waals surface area contributed by atoms with Crippen molar-refractivity contribution in [2.24, 2.45) is 0 Å². The molecule has 4 aromatic heterocycles. The lowest BCUT2D eigenvalue weighted by Crippen LogP contribution is -2.21. The summed E-state index contributed by atoms with van der Waals surface area (Å²) in [5.41, 5.74) is 1.83. The van der Waals surface area contributed by atoms with Gasteiger partial charge in [-0.3, -0.25) is 4.79 Å². The maximum atomic E-state index is 12.8. The summed E-state index contributed by atoms with van der Waals surface area (Å²) in [6, 6.07) is 12.9. The van der Waals surface area contributed by atoms with Gasteiger partial charge in [-0.25, -0.2) is 4.52 Å². The first-order valence-electron chi connectivity index (χ1n) is 8.38. The normalized spacial score (nSPS) is 11.3. The second-order valence-corrected chi connectivity index (χ2v) is 7.47. The Labute approximate surface area is 167 Å². The lowest BCUT2D eigenvalue weighted by molar-refractivity contribution is 0.370. The van der Waals surface area contributed by atoms with Crippen LogP contribution in [0.2, 0.25) is 5.02 Å². The number of nitrogens with zero attached hydrogens (tertiary/aromatic N) is 5. The molecule has 5 aromatic rings. The number of fused-ring (bicyclic) bond motifs is 1. The maximum absolute atomic E-state index is 12.8. The van der Waals surface area contributed by atoms with Crippen molar-refractivity contribution in [2.75, 3.05) is 0 Å². The van der Waals surface area contributed by atoms with Crippen LogP contribution in [-0.4, -0.2) is 24.3 Å². The van der Waals surface area contributed by atoms with Crippen LogP contribution in [0.25, 0.3) is 27.5 Å². The summed E-state index contributed by atoms with van der Waals surface area (Å²) >= 11 is 7.59. The van der Waals surface area contributed by atoms with Crippen molar-refractivity contribution in [3.8, 4) is 22.0 Å². The molecule has 7 nitrogen and oxygen atoms in total. The van der Waals surface area contributed by atoms with Crippen molar-refractivity contribution < 1.29 is 4.52 Å². The van der Waals surface area contributed by atoms with Gasteiger partial charge in [-0.2, -0.15) is 10.1 Å². The molecule has 0 aliphatic heterocycles. The summed E-state index contributed by atoms with van der Waals surface area (Å²) in [5, 5.41) is 11.0. The van der Waals surface area contributed by atoms with E-state index in [1.165, 1.54) is 4.57 Å². The van der Waals surface area contributed by atoms with Gasteiger partial charge in [0.25, 0.3) is 5.56 Å². The quantitative estimate of drug-likeness (QED) is 0.448. The van der Waals surface area contributed by atoms with Gasteiger partial charge in [-0.1, -0.05) is 35.0 Å². The van der Waals surface area contributed by atoms with Gasteiger partial charge in [0.1, 0.15) is 17.8 Å². The molecule has 0 radical (unpaired) electrons. The first-order valence-corrected chi connectivity index (χ1v) is 9.64. The van der Waals surface area contributed by atoms with Crippen molar-refractivity contribution in [3.63, 3.8) is 0 Å². The molecule has 1 aromatic carbocycles. The van der Waals surface area contributed by atoms with Gasteiger partial charge < -0.3 is 9.09 Å². The molecule has 0 fully saturated rings. The number of halogens is 1. The third-order valence-corrected chi connectivity index (χ3v) is 5.36. The van der Waals surface area contributed by atoms with Gasteiger partial charge in [0, 0.05) is 23.0 Å². The highest BCUT2D eigenvalue weighted by Gasteiger charge is 2.13.